The highest BCUT2D eigenvalue weighted by Crippen LogP contribution is 2.53. The molecule has 2 unspecified atom stereocenters. The molecule has 84 valence electrons. The molecule has 1 fully saturated rings. The van der Waals surface area contributed by atoms with Gasteiger partial charge in [0.2, 0.25) is 0 Å². The minimum atomic E-state index is -0.397. The zero-order valence-corrected chi connectivity index (χ0v) is 9.28. The molecule has 0 saturated heterocycles. The maximum absolute atomic E-state index is 11.4. The molecule has 0 spiro atoms. The summed E-state index contributed by atoms with van der Waals surface area (Å²) in [6.07, 6.45) is 3.82. The van der Waals surface area contributed by atoms with Crippen LogP contribution in [-0.4, -0.2) is 25.7 Å². The van der Waals surface area contributed by atoms with Gasteiger partial charge in [-0.05, 0) is 13.3 Å². The number of esters is 2. The smallest absolute Gasteiger partial charge is 0.330 e. The van der Waals surface area contributed by atoms with Gasteiger partial charge in [-0.15, -0.1) is 0 Å². The van der Waals surface area contributed by atoms with Gasteiger partial charge < -0.3 is 9.47 Å². The molecule has 15 heavy (non-hydrogen) atoms. The number of rotatable bonds is 4. The first-order valence-corrected chi connectivity index (χ1v) is 4.97. The number of hydrogen-bond acceptors (Lipinski definition) is 4. The minimum Gasteiger partial charge on any atom is -0.466 e. The van der Waals surface area contributed by atoms with Gasteiger partial charge in [0.25, 0.3) is 0 Å². The molecule has 4 heteroatoms. The summed E-state index contributed by atoms with van der Waals surface area (Å²) in [6, 6.07) is 0. The van der Waals surface area contributed by atoms with E-state index in [4.69, 9.17) is 4.74 Å². The van der Waals surface area contributed by atoms with Gasteiger partial charge >= 0.3 is 11.9 Å². The Kier molecular flexibility index (Phi) is 3.50. The predicted octanol–water partition coefficient (Wildman–Crippen LogP) is 1.30. The SMILES string of the molecule is CCOC(=O)C1CC1(C)/C=C/C(=O)OC. The van der Waals surface area contributed by atoms with E-state index in [1.54, 1.807) is 13.0 Å². The first-order chi connectivity index (χ1) is 7.03. The Morgan fingerprint density at radius 2 is 2.20 bits per heavy atom. The van der Waals surface area contributed by atoms with Gasteiger partial charge in [0.1, 0.15) is 0 Å². The van der Waals surface area contributed by atoms with E-state index in [0.717, 1.165) is 6.42 Å². The van der Waals surface area contributed by atoms with Crippen molar-refractivity contribution >= 4 is 11.9 Å². The standard InChI is InChI=1S/C11H16O4/c1-4-15-10(13)8-7-11(8,2)6-5-9(12)14-3/h5-6,8H,4,7H2,1-3H3/b6-5+. The Balaban J connectivity index is 2.48. The van der Waals surface area contributed by atoms with E-state index in [0.29, 0.717) is 6.61 Å². The van der Waals surface area contributed by atoms with Gasteiger partial charge in [-0.1, -0.05) is 13.0 Å². The number of allylic oxidation sites excluding steroid dienone is 1. The number of hydrogen-bond donors (Lipinski definition) is 0. The van der Waals surface area contributed by atoms with E-state index in [2.05, 4.69) is 4.74 Å². The Labute approximate surface area is 89.2 Å². The second-order valence-electron chi connectivity index (χ2n) is 3.87. The minimum absolute atomic E-state index is 0.113. The average molecular weight is 212 g/mol. The second-order valence-corrected chi connectivity index (χ2v) is 3.87. The molecule has 1 aliphatic rings. The molecule has 4 nitrogen and oxygen atoms in total. The highest BCUT2D eigenvalue weighted by Gasteiger charge is 2.53. The second kappa shape index (κ2) is 4.47. The third-order valence-electron chi connectivity index (χ3n) is 2.65. The molecule has 1 aliphatic carbocycles. The number of carbonyl (C=O) groups is 2. The van der Waals surface area contributed by atoms with Crippen LogP contribution in [0, 0.1) is 11.3 Å². The molecule has 0 aromatic carbocycles. The van der Waals surface area contributed by atoms with Crippen LogP contribution in [0.3, 0.4) is 0 Å². The third-order valence-corrected chi connectivity index (χ3v) is 2.65. The maximum atomic E-state index is 11.4. The molecule has 0 bridgehead atoms. The van der Waals surface area contributed by atoms with Crippen LogP contribution in [0.5, 0.6) is 0 Å². The van der Waals surface area contributed by atoms with Crippen LogP contribution in [0.1, 0.15) is 20.3 Å². The summed E-state index contributed by atoms with van der Waals surface area (Å²) in [5, 5.41) is 0. The van der Waals surface area contributed by atoms with Gasteiger partial charge in [0, 0.05) is 11.5 Å². The molecule has 0 amide bonds. The summed E-state index contributed by atoms with van der Waals surface area (Å²) >= 11 is 0. The molecule has 0 radical (unpaired) electrons. The van der Waals surface area contributed by atoms with E-state index in [-0.39, 0.29) is 17.3 Å². The first kappa shape index (κ1) is 11.8. The fourth-order valence-electron chi connectivity index (χ4n) is 1.49. The Bertz CT molecular complexity index is 295. The van der Waals surface area contributed by atoms with Crippen molar-refractivity contribution in [3.05, 3.63) is 12.2 Å². The van der Waals surface area contributed by atoms with E-state index in [1.165, 1.54) is 13.2 Å². The monoisotopic (exact) mass is 212 g/mol. The largest absolute Gasteiger partial charge is 0.466 e. The lowest BCUT2D eigenvalue weighted by atomic mass is 10.1. The molecule has 0 heterocycles. The van der Waals surface area contributed by atoms with Crippen LogP contribution in [-0.2, 0) is 19.1 Å². The quantitative estimate of drug-likeness (QED) is 0.520. The van der Waals surface area contributed by atoms with E-state index in [1.807, 2.05) is 6.92 Å². The molecular formula is C11H16O4. The lowest BCUT2D eigenvalue weighted by molar-refractivity contribution is -0.145. The van der Waals surface area contributed by atoms with E-state index >= 15 is 0 Å². The van der Waals surface area contributed by atoms with Crippen LogP contribution in [0.25, 0.3) is 0 Å². The normalized spacial score (nSPS) is 28.9. The molecule has 1 rings (SSSR count). The summed E-state index contributed by atoms with van der Waals surface area (Å²) in [5.41, 5.74) is -0.236. The van der Waals surface area contributed by atoms with Gasteiger partial charge in [-0.3, -0.25) is 4.79 Å². The van der Waals surface area contributed by atoms with Crippen molar-refractivity contribution in [3.63, 3.8) is 0 Å². The lowest BCUT2D eigenvalue weighted by Gasteiger charge is -2.04. The number of ether oxygens (including phenoxy) is 2. The molecule has 0 N–H and O–H groups in total. The van der Waals surface area contributed by atoms with Crippen molar-refractivity contribution in [2.45, 2.75) is 20.3 Å². The van der Waals surface area contributed by atoms with Crippen molar-refractivity contribution in [3.8, 4) is 0 Å². The van der Waals surface area contributed by atoms with Crippen molar-refractivity contribution in [2.24, 2.45) is 11.3 Å². The van der Waals surface area contributed by atoms with Crippen molar-refractivity contribution in [1.29, 1.82) is 0 Å². The highest BCUT2D eigenvalue weighted by molar-refractivity contribution is 5.83. The molecule has 1 saturated carbocycles. The van der Waals surface area contributed by atoms with Crippen LogP contribution < -0.4 is 0 Å². The zero-order valence-electron chi connectivity index (χ0n) is 9.28. The van der Waals surface area contributed by atoms with E-state index < -0.39 is 5.97 Å². The summed E-state index contributed by atoms with van der Waals surface area (Å²) in [7, 11) is 1.32. The molecular weight excluding hydrogens is 196 g/mol. The lowest BCUT2D eigenvalue weighted by Crippen LogP contribution is -2.10. The Hall–Kier alpha value is -1.32. The van der Waals surface area contributed by atoms with Crippen LogP contribution >= 0.6 is 0 Å². The summed E-state index contributed by atoms with van der Waals surface area (Å²) < 4.78 is 9.38. The van der Waals surface area contributed by atoms with Crippen molar-refractivity contribution in [2.75, 3.05) is 13.7 Å². The van der Waals surface area contributed by atoms with Crippen molar-refractivity contribution in [1.82, 2.24) is 0 Å². The third kappa shape index (κ3) is 2.81. The van der Waals surface area contributed by atoms with Crippen molar-refractivity contribution < 1.29 is 19.1 Å². The summed E-state index contributed by atoms with van der Waals surface area (Å²) in [6.45, 7) is 4.10. The average Bonchev–Trinajstić information content (AvgIpc) is 2.88. The van der Waals surface area contributed by atoms with E-state index in [9.17, 15) is 9.59 Å². The fourth-order valence-corrected chi connectivity index (χ4v) is 1.49. The number of methoxy groups -OCH3 is 1. The van der Waals surface area contributed by atoms with Crippen LogP contribution in [0.15, 0.2) is 12.2 Å². The zero-order chi connectivity index (χ0) is 11.5. The van der Waals surface area contributed by atoms with Gasteiger partial charge in [0.05, 0.1) is 19.6 Å². The van der Waals surface area contributed by atoms with Crippen LogP contribution in [0.2, 0.25) is 0 Å². The molecule has 0 aromatic rings. The maximum Gasteiger partial charge on any atom is 0.330 e. The molecule has 0 aromatic heterocycles. The fraction of sp³-hybridized carbons (Fsp3) is 0.636. The Morgan fingerprint density at radius 1 is 1.53 bits per heavy atom. The topological polar surface area (TPSA) is 52.6 Å². The summed E-state index contributed by atoms with van der Waals surface area (Å²) in [5.74, 6) is -0.696. The summed E-state index contributed by atoms with van der Waals surface area (Å²) in [4.78, 5) is 22.2. The molecule has 0 aliphatic heterocycles. The van der Waals surface area contributed by atoms with Crippen LogP contribution in [0.4, 0.5) is 0 Å². The predicted molar refractivity (Wildman–Crippen MR) is 54.0 cm³/mol. The number of carbonyl (C=O) groups excluding carboxylic acids is 2. The van der Waals surface area contributed by atoms with Gasteiger partial charge in [-0.2, -0.15) is 0 Å². The Morgan fingerprint density at radius 3 is 2.73 bits per heavy atom. The van der Waals surface area contributed by atoms with Gasteiger partial charge in [0.15, 0.2) is 0 Å². The van der Waals surface area contributed by atoms with Gasteiger partial charge in [-0.25, -0.2) is 4.79 Å². The molecule has 2 atom stereocenters. The first-order valence-electron chi connectivity index (χ1n) is 4.97. The highest BCUT2D eigenvalue weighted by atomic mass is 16.5.